The van der Waals surface area contributed by atoms with Gasteiger partial charge in [-0.05, 0) is 58.1 Å². The molecule has 0 aliphatic carbocycles. The van der Waals surface area contributed by atoms with Crippen molar-refractivity contribution in [1.29, 1.82) is 0 Å². The fraction of sp³-hybridized carbons (Fsp3) is 0.625. The molecule has 0 atom stereocenters. The number of thiophene rings is 1. The molecule has 3 nitrogen and oxygen atoms in total. The summed E-state index contributed by atoms with van der Waals surface area (Å²) in [7, 11) is 4.32. The second kappa shape index (κ2) is 7.80. The first kappa shape index (κ1) is 15.5. The predicted octanol–water partition coefficient (Wildman–Crippen LogP) is 1.87. The Bertz CT molecular complexity index is 464. The third kappa shape index (κ3) is 4.92. The van der Waals surface area contributed by atoms with Crippen LogP contribution < -0.4 is 0 Å². The third-order valence-electron chi connectivity index (χ3n) is 3.66. The van der Waals surface area contributed by atoms with Crippen LogP contribution in [0.5, 0.6) is 0 Å². The SMILES string of the molecule is CN(C)CC1CCN(Cc2ccc(C#CCO)s2)CC1. The number of hydrogen-bond acceptors (Lipinski definition) is 4. The third-order valence-corrected chi connectivity index (χ3v) is 4.65. The van der Waals surface area contributed by atoms with Crippen molar-refractivity contribution in [2.75, 3.05) is 40.3 Å². The van der Waals surface area contributed by atoms with E-state index in [9.17, 15) is 0 Å². The van der Waals surface area contributed by atoms with E-state index in [1.165, 1.54) is 37.4 Å². The standard InChI is InChI=1S/C16H24N2OS/c1-17(2)12-14-7-9-18(10-8-14)13-16-6-5-15(20-16)4-3-11-19/h5-6,14,19H,7-13H2,1-2H3. The molecule has 0 aromatic carbocycles. The Morgan fingerprint density at radius 2 is 2.10 bits per heavy atom. The highest BCUT2D eigenvalue weighted by Crippen LogP contribution is 2.22. The lowest BCUT2D eigenvalue weighted by Crippen LogP contribution is -2.36. The lowest BCUT2D eigenvalue weighted by Gasteiger charge is -2.32. The smallest absolute Gasteiger partial charge is 0.104 e. The molecule has 1 aromatic rings. The van der Waals surface area contributed by atoms with Crippen LogP contribution in [0.4, 0.5) is 0 Å². The Hall–Kier alpha value is -0.860. The maximum atomic E-state index is 8.70. The van der Waals surface area contributed by atoms with Crippen molar-refractivity contribution in [3.05, 3.63) is 21.9 Å². The van der Waals surface area contributed by atoms with Gasteiger partial charge in [0.25, 0.3) is 0 Å². The maximum absolute atomic E-state index is 8.70. The number of nitrogens with zero attached hydrogens (tertiary/aromatic N) is 2. The first-order chi connectivity index (χ1) is 9.67. The minimum atomic E-state index is -0.0629. The van der Waals surface area contributed by atoms with Crippen molar-refractivity contribution in [3.8, 4) is 11.8 Å². The largest absolute Gasteiger partial charge is 0.384 e. The Labute approximate surface area is 126 Å². The summed E-state index contributed by atoms with van der Waals surface area (Å²) in [4.78, 5) is 7.27. The lowest BCUT2D eigenvalue weighted by atomic mass is 9.96. The zero-order valence-corrected chi connectivity index (χ0v) is 13.2. The minimum absolute atomic E-state index is 0.0629. The number of aliphatic hydroxyl groups is 1. The Morgan fingerprint density at radius 3 is 2.75 bits per heavy atom. The second-order valence-electron chi connectivity index (χ2n) is 5.71. The predicted molar refractivity (Wildman–Crippen MR) is 84.8 cm³/mol. The number of aliphatic hydroxyl groups excluding tert-OH is 1. The molecule has 20 heavy (non-hydrogen) atoms. The summed E-state index contributed by atoms with van der Waals surface area (Å²) in [5.74, 6) is 6.54. The highest BCUT2D eigenvalue weighted by Gasteiger charge is 2.19. The van der Waals surface area contributed by atoms with Gasteiger partial charge in [-0.25, -0.2) is 0 Å². The van der Waals surface area contributed by atoms with Crippen molar-refractivity contribution in [3.63, 3.8) is 0 Å². The van der Waals surface area contributed by atoms with Crippen LogP contribution in [-0.2, 0) is 6.54 Å². The number of likely N-dealkylation sites (tertiary alicyclic amines) is 1. The molecule has 0 radical (unpaired) electrons. The summed E-state index contributed by atoms with van der Waals surface area (Å²) in [5.41, 5.74) is 0. The van der Waals surface area contributed by atoms with Crippen LogP contribution in [0.15, 0.2) is 12.1 Å². The molecule has 0 spiro atoms. The van der Waals surface area contributed by atoms with Gasteiger partial charge in [-0.3, -0.25) is 4.90 Å². The monoisotopic (exact) mass is 292 g/mol. The zero-order valence-electron chi connectivity index (χ0n) is 12.4. The minimum Gasteiger partial charge on any atom is -0.384 e. The van der Waals surface area contributed by atoms with Crippen molar-refractivity contribution in [2.24, 2.45) is 5.92 Å². The van der Waals surface area contributed by atoms with E-state index in [1.54, 1.807) is 11.3 Å². The van der Waals surface area contributed by atoms with Gasteiger partial charge in [0.05, 0.1) is 4.88 Å². The zero-order chi connectivity index (χ0) is 14.4. The fourth-order valence-electron chi connectivity index (χ4n) is 2.72. The first-order valence-corrected chi connectivity index (χ1v) is 8.04. The molecule has 1 aliphatic heterocycles. The van der Waals surface area contributed by atoms with Gasteiger partial charge in [-0.2, -0.15) is 0 Å². The van der Waals surface area contributed by atoms with Crippen molar-refractivity contribution in [1.82, 2.24) is 9.80 Å². The van der Waals surface area contributed by atoms with E-state index < -0.39 is 0 Å². The van der Waals surface area contributed by atoms with Gasteiger partial charge in [0, 0.05) is 18.0 Å². The van der Waals surface area contributed by atoms with E-state index in [-0.39, 0.29) is 6.61 Å². The van der Waals surface area contributed by atoms with E-state index in [0.29, 0.717) is 0 Å². The van der Waals surface area contributed by atoms with Crippen LogP contribution in [0.3, 0.4) is 0 Å². The summed E-state index contributed by atoms with van der Waals surface area (Å²) >= 11 is 1.74. The molecular formula is C16H24N2OS. The molecular weight excluding hydrogens is 268 g/mol. The van der Waals surface area contributed by atoms with E-state index >= 15 is 0 Å². The van der Waals surface area contributed by atoms with Crippen LogP contribution >= 0.6 is 11.3 Å². The van der Waals surface area contributed by atoms with Crippen LogP contribution in [-0.4, -0.2) is 55.2 Å². The molecule has 4 heteroatoms. The molecule has 1 aliphatic rings. The summed E-state index contributed by atoms with van der Waals surface area (Å²) < 4.78 is 0. The van der Waals surface area contributed by atoms with Crippen molar-refractivity contribution < 1.29 is 5.11 Å². The average molecular weight is 292 g/mol. The van der Waals surface area contributed by atoms with Gasteiger partial charge < -0.3 is 10.0 Å². The van der Waals surface area contributed by atoms with Gasteiger partial charge in [0.2, 0.25) is 0 Å². The summed E-state index contributed by atoms with van der Waals surface area (Å²) in [6.45, 7) is 4.60. The molecule has 0 bridgehead atoms. The molecule has 0 amide bonds. The van der Waals surface area contributed by atoms with E-state index in [0.717, 1.165) is 17.3 Å². The molecule has 1 saturated heterocycles. The fourth-order valence-corrected chi connectivity index (χ4v) is 3.65. The van der Waals surface area contributed by atoms with Crippen molar-refractivity contribution >= 4 is 11.3 Å². The topological polar surface area (TPSA) is 26.7 Å². The molecule has 2 heterocycles. The first-order valence-electron chi connectivity index (χ1n) is 7.23. The quantitative estimate of drug-likeness (QED) is 0.858. The summed E-state index contributed by atoms with van der Waals surface area (Å²) in [6.07, 6.45) is 2.61. The average Bonchev–Trinajstić information content (AvgIpc) is 2.86. The molecule has 0 unspecified atom stereocenters. The molecule has 0 saturated carbocycles. The summed E-state index contributed by atoms with van der Waals surface area (Å²) in [6, 6.07) is 4.22. The number of rotatable bonds is 4. The lowest BCUT2D eigenvalue weighted by molar-refractivity contribution is 0.158. The molecule has 2 rings (SSSR count). The second-order valence-corrected chi connectivity index (χ2v) is 6.88. The Balaban J connectivity index is 1.79. The van der Waals surface area contributed by atoms with Crippen molar-refractivity contribution in [2.45, 2.75) is 19.4 Å². The Morgan fingerprint density at radius 1 is 1.35 bits per heavy atom. The number of piperidine rings is 1. The molecule has 1 fully saturated rings. The normalized spacial score (nSPS) is 17.2. The molecule has 1 N–H and O–H groups in total. The van der Waals surface area contributed by atoms with Gasteiger partial charge in [0.1, 0.15) is 6.61 Å². The van der Waals surface area contributed by atoms with E-state index in [2.05, 4.69) is 47.9 Å². The van der Waals surface area contributed by atoms with Crippen LogP contribution in [0.1, 0.15) is 22.6 Å². The van der Waals surface area contributed by atoms with Crippen LogP contribution in [0, 0.1) is 17.8 Å². The van der Waals surface area contributed by atoms with Gasteiger partial charge in [-0.1, -0.05) is 11.8 Å². The summed E-state index contributed by atoms with van der Waals surface area (Å²) in [5, 5.41) is 8.70. The molecule has 1 aromatic heterocycles. The van der Waals surface area contributed by atoms with E-state index in [4.69, 9.17) is 5.11 Å². The highest BCUT2D eigenvalue weighted by molar-refractivity contribution is 7.12. The van der Waals surface area contributed by atoms with Crippen LogP contribution in [0.25, 0.3) is 0 Å². The van der Waals surface area contributed by atoms with Gasteiger partial charge in [-0.15, -0.1) is 11.3 Å². The highest BCUT2D eigenvalue weighted by atomic mass is 32.1. The number of hydrogen-bond donors (Lipinski definition) is 1. The Kier molecular flexibility index (Phi) is 6.06. The van der Waals surface area contributed by atoms with Gasteiger partial charge in [0.15, 0.2) is 0 Å². The van der Waals surface area contributed by atoms with Gasteiger partial charge >= 0.3 is 0 Å². The van der Waals surface area contributed by atoms with E-state index in [1.807, 2.05) is 0 Å². The molecule has 110 valence electrons. The van der Waals surface area contributed by atoms with Crippen LogP contribution in [0.2, 0.25) is 0 Å². The maximum Gasteiger partial charge on any atom is 0.104 e.